The number of H-pyrrole nitrogens is 1. The first-order valence-corrected chi connectivity index (χ1v) is 10.5. The molecule has 0 spiro atoms. The fourth-order valence-electron chi connectivity index (χ4n) is 3.44. The van der Waals surface area contributed by atoms with Crippen molar-refractivity contribution in [1.29, 1.82) is 0 Å². The van der Waals surface area contributed by atoms with Gasteiger partial charge in [0, 0.05) is 4.88 Å². The summed E-state index contributed by atoms with van der Waals surface area (Å²) in [4.78, 5) is 34.6. The van der Waals surface area contributed by atoms with E-state index in [1.807, 2.05) is 6.07 Å². The second-order valence-corrected chi connectivity index (χ2v) is 8.46. The summed E-state index contributed by atoms with van der Waals surface area (Å²) in [5.41, 5.74) is 1.44. The zero-order valence-electron chi connectivity index (χ0n) is 14.3. The third-order valence-electron chi connectivity index (χ3n) is 4.76. The molecule has 0 amide bonds. The zero-order valence-corrected chi connectivity index (χ0v) is 15.9. The first-order valence-electron chi connectivity index (χ1n) is 8.70. The Morgan fingerprint density at radius 1 is 1.19 bits per heavy atom. The Labute approximate surface area is 161 Å². The van der Waals surface area contributed by atoms with Gasteiger partial charge in [0.05, 0.1) is 16.6 Å². The summed E-state index contributed by atoms with van der Waals surface area (Å²) in [6.07, 6.45) is 4.27. The third kappa shape index (κ3) is 2.87. The molecule has 9 heteroatoms. The Hall–Kier alpha value is -2.52. The molecule has 1 aliphatic rings. The van der Waals surface area contributed by atoms with Crippen LogP contribution in [0.4, 0.5) is 0 Å². The number of aromatic nitrogens is 5. The smallest absolute Gasteiger partial charge is 0.278 e. The molecular formula is C18H15N5O2S2. The van der Waals surface area contributed by atoms with E-state index in [4.69, 9.17) is 0 Å². The van der Waals surface area contributed by atoms with E-state index in [0.29, 0.717) is 16.1 Å². The first-order chi connectivity index (χ1) is 13.2. The number of hydrogen-bond acceptors (Lipinski definition) is 7. The molecular weight excluding hydrogens is 382 g/mol. The molecule has 1 aliphatic carbocycles. The molecule has 3 aromatic heterocycles. The Morgan fingerprint density at radius 3 is 2.96 bits per heavy atom. The SMILES string of the molecule is O=c1[nH]c(SCn2nnc3ccccc3c2=O)nc2sc3c(c12)CCCC3. The van der Waals surface area contributed by atoms with Crippen LogP contribution in [0.15, 0.2) is 39.0 Å². The van der Waals surface area contributed by atoms with Crippen LogP contribution in [-0.4, -0.2) is 25.0 Å². The monoisotopic (exact) mass is 397 g/mol. The number of thiophene rings is 1. The van der Waals surface area contributed by atoms with Gasteiger partial charge in [0.2, 0.25) is 0 Å². The van der Waals surface area contributed by atoms with Crippen molar-refractivity contribution >= 4 is 44.2 Å². The van der Waals surface area contributed by atoms with Crippen LogP contribution in [0.3, 0.4) is 0 Å². The fraction of sp³-hybridized carbons (Fsp3) is 0.278. The van der Waals surface area contributed by atoms with E-state index in [2.05, 4.69) is 20.3 Å². The molecule has 1 aromatic carbocycles. The normalized spacial score (nSPS) is 13.9. The summed E-state index contributed by atoms with van der Waals surface area (Å²) in [7, 11) is 0. The van der Waals surface area contributed by atoms with Crippen molar-refractivity contribution in [1.82, 2.24) is 25.0 Å². The summed E-state index contributed by atoms with van der Waals surface area (Å²) in [5.74, 6) is 0.232. The van der Waals surface area contributed by atoms with E-state index in [-0.39, 0.29) is 17.0 Å². The molecule has 0 saturated heterocycles. The summed E-state index contributed by atoms with van der Waals surface area (Å²) in [6, 6.07) is 7.11. The minimum atomic E-state index is -0.205. The lowest BCUT2D eigenvalue weighted by Gasteiger charge is -2.09. The fourth-order valence-corrected chi connectivity index (χ4v) is 5.50. The molecule has 0 saturated carbocycles. The molecule has 0 unspecified atom stereocenters. The van der Waals surface area contributed by atoms with Gasteiger partial charge in [-0.3, -0.25) is 9.59 Å². The summed E-state index contributed by atoms with van der Waals surface area (Å²) in [5, 5.41) is 9.81. The minimum absolute atomic E-state index is 0.0983. The van der Waals surface area contributed by atoms with Crippen molar-refractivity contribution in [3.63, 3.8) is 0 Å². The highest BCUT2D eigenvalue weighted by atomic mass is 32.2. The topological polar surface area (TPSA) is 93.5 Å². The number of aryl methyl sites for hydroxylation is 2. The number of thioether (sulfide) groups is 1. The maximum atomic E-state index is 12.6. The van der Waals surface area contributed by atoms with Gasteiger partial charge in [-0.25, -0.2) is 4.98 Å². The molecule has 3 heterocycles. The Kier molecular flexibility index (Phi) is 4.05. The average Bonchev–Trinajstić information content (AvgIpc) is 3.06. The van der Waals surface area contributed by atoms with Crippen LogP contribution < -0.4 is 11.1 Å². The summed E-state index contributed by atoms with van der Waals surface area (Å²) >= 11 is 2.89. The quantitative estimate of drug-likeness (QED) is 0.422. The molecule has 136 valence electrons. The molecule has 0 radical (unpaired) electrons. The molecule has 1 N–H and O–H groups in total. The number of hydrogen-bond donors (Lipinski definition) is 1. The van der Waals surface area contributed by atoms with Crippen LogP contribution in [0.1, 0.15) is 23.3 Å². The number of nitrogens with zero attached hydrogens (tertiary/aromatic N) is 4. The van der Waals surface area contributed by atoms with Gasteiger partial charge in [0.15, 0.2) is 5.16 Å². The molecule has 0 bridgehead atoms. The Bertz CT molecular complexity index is 1290. The standard InChI is InChI=1S/C18H15N5O2S2/c24-15-14-11-6-2-4-8-13(11)27-16(14)20-18(19-15)26-9-23-17(25)10-5-1-3-7-12(10)21-22-23/h1,3,5,7H,2,4,6,8-9H2,(H,19,20,24). The second kappa shape index (κ2) is 6.58. The van der Waals surface area contributed by atoms with Gasteiger partial charge in [0.25, 0.3) is 11.1 Å². The predicted octanol–water partition coefficient (Wildman–Crippen LogP) is 2.72. The van der Waals surface area contributed by atoms with E-state index in [9.17, 15) is 9.59 Å². The van der Waals surface area contributed by atoms with Crippen LogP contribution >= 0.6 is 23.1 Å². The van der Waals surface area contributed by atoms with Crippen LogP contribution in [0.25, 0.3) is 21.1 Å². The van der Waals surface area contributed by atoms with Crippen LogP contribution in [-0.2, 0) is 18.7 Å². The molecule has 7 nitrogen and oxygen atoms in total. The second-order valence-electron chi connectivity index (χ2n) is 6.45. The van der Waals surface area contributed by atoms with Crippen molar-refractivity contribution in [2.45, 2.75) is 36.7 Å². The maximum absolute atomic E-state index is 12.6. The largest absolute Gasteiger partial charge is 0.301 e. The lowest BCUT2D eigenvalue weighted by Crippen LogP contribution is -2.23. The van der Waals surface area contributed by atoms with E-state index in [1.54, 1.807) is 29.5 Å². The van der Waals surface area contributed by atoms with E-state index >= 15 is 0 Å². The van der Waals surface area contributed by atoms with Crippen LogP contribution in [0.5, 0.6) is 0 Å². The van der Waals surface area contributed by atoms with Gasteiger partial charge in [-0.05, 0) is 43.4 Å². The highest BCUT2D eigenvalue weighted by molar-refractivity contribution is 7.98. The van der Waals surface area contributed by atoms with Gasteiger partial charge < -0.3 is 4.98 Å². The maximum Gasteiger partial charge on any atom is 0.278 e. The highest BCUT2D eigenvalue weighted by Crippen LogP contribution is 2.34. The average molecular weight is 397 g/mol. The van der Waals surface area contributed by atoms with Gasteiger partial charge >= 0.3 is 0 Å². The van der Waals surface area contributed by atoms with Crippen molar-refractivity contribution in [2.75, 3.05) is 0 Å². The molecule has 0 aliphatic heterocycles. The number of rotatable bonds is 3. The number of nitrogens with one attached hydrogen (secondary N) is 1. The van der Waals surface area contributed by atoms with E-state index < -0.39 is 0 Å². The number of fused-ring (bicyclic) bond motifs is 4. The zero-order chi connectivity index (χ0) is 18.4. The van der Waals surface area contributed by atoms with Gasteiger partial charge in [0.1, 0.15) is 10.3 Å². The molecule has 5 rings (SSSR count). The van der Waals surface area contributed by atoms with E-state index in [1.165, 1.54) is 33.3 Å². The number of aromatic amines is 1. The van der Waals surface area contributed by atoms with Crippen molar-refractivity contribution in [3.8, 4) is 0 Å². The van der Waals surface area contributed by atoms with Gasteiger partial charge in [-0.2, -0.15) is 4.68 Å². The summed E-state index contributed by atoms with van der Waals surface area (Å²) < 4.78 is 1.29. The predicted molar refractivity (Wildman–Crippen MR) is 107 cm³/mol. The van der Waals surface area contributed by atoms with Crippen molar-refractivity contribution in [3.05, 3.63) is 55.4 Å². The van der Waals surface area contributed by atoms with Gasteiger partial charge in [-0.15, -0.1) is 16.4 Å². The number of benzene rings is 1. The highest BCUT2D eigenvalue weighted by Gasteiger charge is 2.20. The minimum Gasteiger partial charge on any atom is -0.301 e. The van der Waals surface area contributed by atoms with Crippen LogP contribution in [0, 0.1) is 0 Å². The Balaban J connectivity index is 1.48. The van der Waals surface area contributed by atoms with E-state index in [0.717, 1.165) is 29.5 Å². The van der Waals surface area contributed by atoms with Gasteiger partial charge in [-0.1, -0.05) is 29.1 Å². The lowest BCUT2D eigenvalue weighted by molar-refractivity contribution is 0.643. The molecule has 0 fully saturated rings. The van der Waals surface area contributed by atoms with Crippen LogP contribution in [0.2, 0.25) is 0 Å². The molecule has 0 atom stereocenters. The van der Waals surface area contributed by atoms with Crippen molar-refractivity contribution < 1.29 is 0 Å². The molecule has 4 aromatic rings. The third-order valence-corrected chi connectivity index (χ3v) is 6.78. The summed E-state index contributed by atoms with van der Waals surface area (Å²) in [6.45, 7) is 0. The van der Waals surface area contributed by atoms with Crippen molar-refractivity contribution in [2.24, 2.45) is 0 Å². The Morgan fingerprint density at radius 2 is 2.04 bits per heavy atom. The molecule has 27 heavy (non-hydrogen) atoms. The first kappa shape index (κ1) is 16.6. The lowest BCUT2D eigenvalue weighted by atomic mass is 9.97.